The number of hydrogen-bond acceptors (Lipinski definition) is 3. The van der Waals surface area contributed by atoms with E-state index in [-0.39, 0.29) is 23.3 Å². The average molecular weight is 214 g/mol. The molecule has 0 aromatic heterocycles. The number of carbonyl (C=O) groups excluding carboxylic acids is 1. The van der Waals surface area contributed by atoms with Crippen LogP contribution in [-0.4, -0.2) is 32.2 Å². The molecule has 4 heteroatoms. The summed E-state index contributed by atoms with van der Waals surface area (Å²) in [6, 6.07) is 0.0162. The highest BCUT2D eigenvalue weighted by atomic mass is 16.5. The predicted molar refractivity (Wildman–Crippen MR) is 59.4 cm³/mol. The highest BCUT2D eigenvalue weighted by molar-refractivity contribution is 5.82. The van der Waals surface area contributed by atoms with E-state index in [1.807, 2.05) is 0 Å². The summed E-state index contributed by atoms with van der Waals surface area (Å²) in [5.41, 5.74) is 5.95. The minimum Gasteiger partial charge on any atom is -0.383 e. The number of methoxy groups -OCH3 is 1. The maximum Gasteiger partial charge on any atom is 0.223 e. The van der Waals surface area contributed by atoms with Gasteiger partial charge in [0.25, 0.3) is 0 Å². The maximum absolute atomic E-state index is 11.6. The Morgan fingerprint density at radius 1 is 1.67 bits per heavy atom. The molecule has 1 rings (SSSR count). The number of ether oxygens (including phenoxy) is 1. The Morgan fingerprint density at radius 3 is 2.73 bits per heavy atom. The largest absolute Gasteiger partial charge is 0.383 e. The first kappa shape index (κ1) is 12.5. The monoisotopic (exact) mass is 214 g/mol. The van der Waals surface area contributed by atoms with E-state index in [0.29, 0.717) is 13.2 Å². The van der Waals surface area contributed by atoms with E-state index in [0.717, 1.165) is 12.8 Å². The summed E-state index contributed by atoms with van der Waals surface area (Å²) >= 11 is 0. The molecule has 0 aliphatic heterocycles. The second-order valence-corrected chi connectivity index (χ2v) is 5.04. The number of hydrogen-bond donors (Lipinski definition) is 2. The quantitative estimate of drug-likeness (QED) is 0.677. The number of nitrogens with two attached hydrogens (primary N) is 1. The molecule has 0 aromatic carbocycles. The van der Waals surface area contributed by atoms with Gasteiger partial charge in [-0.3, -0.25) is 4.79 Å². The van der Waals surface area contributed by atoms with Gasteiger partial charge in [-0.25, -0.2) is 0 Å². The lowest BCUT2D eigenvalue weighted by atomic mass is 10.1. The molecule has 0 radical (unpaired) electrons. The van der Waals surface area contributed by atoms with Gasteiger partial charge in [0.1, 0.15) is 0 Å². The van der Waals surface area contributed by atoms with Crippen molar-refractivity contribution in [1.29, 1.82) is 0 Å². The van der Waals surface area contributed by atoms with E-state index >= 15 is 0 Å². The fourth-order valence-corrected chi connectivity index (χ4v) is 1.72. The average Bonchev–Trinajstić information content (AvgIpc) is 2.75. The van der Waals surface area contributed by atoms with Crippen LogP contribution in [0.2, 0.25) is 0 Å². The second kappa shape index (κ2) is 4.94. The molecule has 2 unspecified atom stereocenters. The van der Waals surface area contributed by atoms with Crippen molar-refractivity contribution in [1.82, 2.24) is 5.32 Å². The molecule has 88 valence electrons. The Labute approximate surface area is 91.5 Å². The van der Waals surface area contributed by atoms with Crippen LogP contribution in [0.5, 0.6) is 0 Å². The zero-order valence-corrected chi connectivity index (χ0v) is 9.88. The van der Waals surface area contributed by atoms with Crippen molar-refractivity contribution < 1.29 is 9.53 Å². The zero-order valence-electron chi connectivity index (χ0n) is 9.88. The molecule has 0 aromatic rings. The van der Waals surface area contributed by atoms with Crippen LogP contribution in [0.25, 0.3) is 0 Å². The molecule has 1 amide bonds. The molecule has 15 heavy (non-hydrogen) atoms. The first-order chi connectivity index (χ1) is 6.97. The third-order valence-electron chi connectivity index (χ3n) is 3.03. The zero-order chi connectivity index (χ0) is 11.5. The first-order valence-electron chi connectivity index (χ1n) is 5.49. The molecule has 4 nitrogen and oxygen atoms in total. The minimum absolute atomic E-state index is 0.0162. The van der Waals surface area contributed by atoms with Gasteiger partial charge in [0.05, 0.1) is 6.61 Å². The van der Waals surface area contributed by atoms with Crippen molar-refractivity contribution in [3.8, 4) is 0 Å². The van der Waals surface area contributed by atoms with Crippen molar-refractivity contribution in [2.24, 2.45) is 17.1 Å². The lowest BCUT2D eigenvalue weighted by Crippen LogP contribution is -2.34. The molecule has 1 aliphatic rings. The summed E-state index contributed by atoms with van der Waals surface area (Å²) in [6.45, 7) is 5.43. The molecule has 0 heterocycles. The molecular formula is C11H22N2O2. The summed E-state index contributed by atoms with van der Waals surface area (Å²) in [5, 5.41) is 2.92. The van der Waals surface area contributed by atoms with Gasteiger partial charge < -0.3 is 15.8 Å². The van der Waals surface area contributed by atoms with Crippen LogP contribution >= 0.6 is 0 Å². The van der Waals surface area contributed by atoms with E-state index in [2.05, 4.69) is 19.2 Å². The van der Waals surface area contributed by atoms with E-state index in [4.69, 9.17) is 10.5 Å². The lowest BCUT2D eigenvalue weighted by Gasteiger charge is -2.11. The van der Waals surface area contributed by atoms with Gasteiger partial charge in [-0.05, 0) is 18.3 Å². The number of amides is 1. The molecule has 1 aliphatic carbocycles. The number of nitrogens with one attached hydrogen (secondary N) is 1. The van der Waals surface area contributed by atoms with Gasteiger partial charge in [0.2, 0.25) is 5.91 Å². The van der Waals surface area contributed by atoms with Gasteiger partial charge in [-0.1, -0.05) is 13.8 Å². The summed E-state index contributed by atoms with van der Waals surface area (Å²) < 4.78 is 4.92. The van der Waals surface area contributed by atoms with Gasteiger partial charge in [-0.15, -0.1) is 0 Å². The van der Waals surface area contributed by atoms with Crippen LogP contribution in [0.3, 0.4) is 0 Å². The highest BCUT2D eigenvalue weighted by Gasteiger charge is 2.50. The van der Waals surface area contributed by atoms with Crippen LogP contribution in [0.15, 0.2) is 0 Å². The molecule has 1 saturated carbocycles. The molecule has 0 spiro atoms. The Balaban J connectivity index is 2.08. The van der Waals surface area contributed by atoms with Crippen molar-refractivity contribution in [3.63, 3.8) is 0 Å². The van der Waals surface area contributed by atoms with Crippen LogP contribution in [0.1, 0.15) is 26.7 Å². The lowest BCUT2D eigenvalue weighted by molar-refractivity contribution is -0.123. The van der Waals surface area contributed by atoms with Crippen molar-refractivity contribution >= 4 is 5.91 Å². The van der Waals surface area contributed by atoms with Crippen LogP contribution in [-0.2, 0) is 9.53 Å². The van der Waals surface area contributed by atoms with Crippen molar-refractivity contribution in [3.05, 3.63) is 0 Å². The van der Waals surface area contributed by atoms with Crippen molar-refractivity contribution in [2.75, 3.05) is 20.3 Å². The molecule has 0 bridgehead atoms. The van der Waals surface area contributed by atoms with Gasteiger partial charge in [0, 0.05) is 25.6 Å². The van der Waals surface area contributed by atoms with Gasteiger partial charge in [-0.2, -0.15) is 0 Å². The van der Waals surface area contributed by atoms with E-state index in [1.165, 1.54) is 0 Å². The number of carbonyl (C=O) groups is 1. The topological polar surface area (TPSA) is 64.3 Å². The van der Waals surface area contributed by atoms with E-state index < -0.39 is 0 Å². The Kier molecular flexibility index (Phi) is 4.11. The molecule has 1 fully saturated rings. The summed E-state index contributed by atoms with van der Waals surface area (Å²) in [5.74, 6) is 0.376. The predicted octanol–water partition coefficient (Wildman–Crippen LogP) is 0.513. The minimum atomic E-state index is 0.0162. The Hall–Kier alpha value is -0.610. The van der Waals surface area contributed by atoms with Crippen LogP contribution in [0, 0.1) is 11.3 Å². The summed E-state index contributed by atoms with van der Waals surface area (Å²) in [4.78, 5) is 11.6. The third kappa shape index (κ3) is 3.80. The Morgan fingerprint density at radius 2 is 2.27 bits per heavy atom. The van der Waals surface area contributed by atoms with Gasteiger partial charge in [0.15, 0.2) is 0 Å². The molecular weight excluding hydrogens is 192 g/mol. The smallest absolute Gasteiger partial charge is 0.223 e. The Bertz CT molecular complexity index is 229. The fraction of sp³-hybridized carbons (Fsp3) is 0.909. The fourth-order valence-electron chi connectivity index (χ4n) is 1.72. The molecule has 0 saturated heterocycles. The van der Waals surface area contributed by atoms with Crippen molar-refractivity contribution in [2.45, 2.75) is 32.7 Å². The first-order valence-corrected chi connectivity index (χ1v) is 5.49. The highest BCUT2D eigenvalue weighted by Crippen LogP contribution is 2.51. The second-order valence-electron chi connectivity index (χ2n) is 5.04. The van der Waals surface area contributed by atoms with E-state index in [9.17, 15) is 4.79 Å². The standard InChI is InChI=1S/C11H22N2O2/c1-11(2)6-9(11)10(14)13-5-4-8(12)7-15-3/h8-9H,4-7,12H2,1-3H3,(H,13,14). The van der Waals surface area contributed by atoms with Gasteiger partial charge >= 0.3 is 0 Å². The third-order valence-corrected chi connectivity index (χ3v) is 3.03. The molecule has 3 N–H and O–H groups in total. The normalized spacial score (nSPS) is 24.7. The van der Waals surface area contributed by atoms with E-state index in [1.54, 1.807) is 7.11 Å². The van der Waals surface area contributed by atoms with Crippen LogP contribution < -0.4 is 11.1 Å². The maximum atomic E-state index is 11.6. The molecule has 2 atom stereocenters. The van der Waals surface area contributed by atoms with Crippen LogP contribution in [0.4, 0.5) is 0 Å². The summed E-state index contributed by atoms with van der Waals surface area (Å²) in [7, 11) is 1.63. The SMILES string of the molecule is COCC(N)CCNC(=O)C1CC1(C)C. The summed E-state index contributed by atoms with van der Waals surface area (Å²) in [6.07, 6.45) is 1.77. The number of rotatable bonds is 6.